The van der Waals surface area contributed by atoms with E-state index in [2.05, 4.69) is 10.1 Å². The number of nitrogens with one attached hydrogen (secondary N) is 1. The molecule has 0 aromatic carbocycles. The van der Waals surface area contributed by atoms with Gasteiger partial charge < -0.3 is 24.5 Å². The third-order valence-electron chi connectivity index (χ3n) is 1.62. The molecule has 0 unspecified atom stereocenters. The monoisotopic (exact) mass is 213 g/mol. The van der Waals surface area contributed by atoms with E-state index < -0.39 is 13.2 Å². The second-order valence-electron chi connectivity index (χ2n) is 2.75. The van der Waals surface area contributed by atoms with Crippen molar-refractivity contribution in [1.29, 1.82) is 0 Å². The molecule has 1 aromatic heterocycles. The first-order valence-corrected chi connectivity index (χ1v) is 4.49. The van der Waals surface area contributed by atoms with Gasteiger partial charge in [0.25, 0.3) is 0 Å². The van der Waals surface area contributed by atoms with Gasteiger partial charge in [-0.15, -0.1) is 0 Å². The van der Waals surface area contributed by atoms with E-state index in [1.807, 2.05) is 0 Å². The average Bonchev–Trinajstić information content (AvgIpc) is 2.63. The van der Waals surface area contributed by atoms with E-state index in [0.29, 0.717) is 12.4 Å². The highest BCUT2D eigenvalue weighted by Crippen LogP contribution is 1.98. The zero-order valence-electron chi connectivity index (χ0n) is 8.27. The van der Waals surface area contributed by atoms with Gasteiger partial charge in [0.1, 0.15) is 11.4 Å². The van der Waals surface area contributed by atoms with Gasteiger partial charge in [-0.3, -0.25) is 0 Å². The minimum Gasteiger partial charge on any atom is -0.468 e. The summed E-state index contributed by atoms with van der Waals surface area (Å²) in [7, 11) is -1.64. The Hall–Kier alpha value is -1.47. The van der Waals surface area contributed by atoms with Crippen LogP contribution < -0.4 is 11.0 Å². The lowest BCUT2D eigenvalue weighted by Crippen LogP contribution is -2.28. The molecule has 0 saturated carbocycles. The van der Waals surface area contributed by atoms with Gasteiger partial charge in [0.05, 0.1) is 13.2 Å². The molecule has 0 bridgehead atoms. The summed E-state index contributed by atoms with van der Waals surface area (Å²) in [6.07, 6.45) is -0.542. The SMILES string of the molecule is CCOC(=O)NCc1ccc(B(O)O)o1. The van der Waals surface area contributed by atoms with Crippen LogP contribution in [-0.4, -0.2) is 29.9 Å². The van der Waals surface area contributed by atoms with E-state index in [1.54, 1.807) is 13.0 Å². The molecule has 1 heterocycles. The van der Waals surface area contributed by atoms with E-state index in [-0.39, 0.29) is 12.2 Å². The van der Waals surface area contributed by atoms with E-state index in [1.165, 1.54) is 6.07 Å². The molecule has 3 N–H and O–H groups in total. The van der Waals surface area contributed by atoms with E-state index in [4.69, 9.17) is 14.5 Å². The van der Waals surface area contributed by atoms with Crippen molar-refractivity contribution in [2.75, 3.05) is 6.61 Å². The summed E-state index contributed by atoms with van der Waals surface area (Å²) in [6.45, 7) is 2.14. The van der Waals surface area contributed by atoms with Crippen molar-refractivity contribution in [2.45, 2.75) is 13.5 Å². The predicted octanol–water partition coefficient (Wildman–Crippen LogP) is -0.794. The van der Waals surface area contributed by atoms with Crippen molar-refractivity contribution in [3.63, 3.8) is 0 Å². The molecule has 0 atom stereocenters. The lowest BCUT2D eigenvalue weighted by atomic mass is 9.88. The maximum Gasteiger partial charge on any atom is 0.526 e. The van der Waals surface area contributed by atoms with E-state index in [9.17, 15) is 4.79 Å². The molecule has 0 spiro atoms. The quantitative estimate of drug-likeness (QED) is 0.569. The van der Waals surface area contributed by atoms with Crippen molar-refractivity contribution in [3.05, 3.63) is 17.9 Å². The van der Waals surface area contributed by atoms with Gasteiger partial charge in [-0.2, -0.15) is 0 Å². The van der Waals surface area contributed by atoms with Crippen molar-refractivity contribution in [1.82, 2.24) is 5.32 Å². The third kappa shape index (κ3) is 3.65. The van der Waals surface area contributed by atoms with Crippen LogP contribution in [0.1, 0.15) is 12.7 Å². The number of hydrogen-bond donors (Lipinski definition) is 3. The molecule has 0 aliphatic rings. The lowest BCUT2D eigenvalue weighted by Gasteiger charge is -2.02. The highest BCUT2D eigenvalue weighted by Gasteiger charge is 2.16. The van der Waals surface area contributed by atoms with Gasteiger partial charge in [0, 0.05) is 0 Å². The molecule has 0 fully saturated rings. The van der Waals surface area contributed by atoms with Gasteiger partial charge in [-0.25, -0.2) is 4.79 Å². The third-order valence-corrected chi connectivity index (χ3v) is 1.62. The second-order valence-corrected chi connectivity index (χ2v) is 2.75. The summed E-state index contributed by atoms with van der Waals surface area (Å²) in [4.78, 5) is 10.9. The van der Waals surface area contributed by atoms with Crippen LogP contribution in [0, 0.1) is 0 Å². The fraction of sp³-hybridized carbons (Fsp3) is 0.375. The summed E-state index contributed by atoms with van der Waals surface area (Å²) in [6, 6.07) is 2.97. The Bertz CT molecular complexity index is 325. The normalized spacial score (nSPS) is 9.80. The van der Waals surface area contributed by atoms with Crippen LogP contribution in [0.2, 0.25) is 0 Å². The molecule has 1 rings (SSSR count). The summed E-state index contributed by atoms with van der Waals surface area (Å²) in [5, 5.41) is 19.9. The fourth-order valence-electron chi connectivity index (χ4n) is 0.970. The smallest absolute Gasteiger partial charge is 0.468 e. The Labute approximate surface area is 87.0 Å². The maximum absolute atomic E-state index is 10.9. The molecule has 0 radical (unpaired) electrons. The van der Waals surface area contributed by atoms with Crippen LogP contribution in [0.15, 0.2) is 16.5 Å². The minimum absolute atomic E-state index is 0.0376. The Morgan fingerprint density at radius 3 is 2.87 bits per heavy atom. The van der Waals surface area contributed by atoms with E-state index >= 15 is 0 Å². The first-order valence-electron chi connectivity index (χ1n) is 4.49. The van der Waals surface area contributed by atoms with Crippen molar-refractivity contribution in [2.24, 2.45) is 0 Å². The Morgan fingerprint density at radius 2 is 2.33 bits per heavy atom. The minimum atomic E-state index is -1.64. The second kappa shape index (κ2) is 5.42. The summed E-state index contributed by atoms with van der Waals surface area (Å²) in [5.41, 5.74) is 0.0376. The molecule has 82 valence electrons. The highest BCUT2D eigenvalue weighted by molar-refractivity contribution is 6.56. The molecule has 6 nitrogen and oxygen atoms in total. The zero-order chi connectivity index (χ0) is 11.3. The largest absolute Gasteiger partial charge is 0.526 e. The number of hydrogen-bond acceptors (Lipinski definition) is 5. The zero-order valence-corrected chi connectivity index (χ0v) is 8.27. The molecule has 7 heteroatoms. The average molecular weight is 213 g/mol. The van der Waals surface area contributed by atoms with Crippen LogP contribution in [0.3, 0.4) is 0 Å². The molecular weight excluding hydrogens is 201 g/mol. The van der Waals surface area contributed by atoms with Gasteiger partial charge in [-0.05, 0) is 19.1 Å². The van der Waals surface area contributed by atoms with Gasteiger partial charge in [0.15, 0.2) is 0 Å². The Balaban J connectivity index is 2.41. The first kappa shape index (κ1) is 11.6. The lowest BCUT2D eigenvalue weighted by molar-refractivity contribution is 0.151. The summed E-state index contributed by atoms with van der Waals surface area (Å²) >= 11 is 0. The molecule has 0 aliphatic heterocycles. The number of alkyl carbamates (subject to hydrolysis) is 1. The predicted molar refractivity (Wildman–Crippen MR) is 52.4 cm³/mol. The number of carbonyl (C=O) groups is 1. The number of rotatable bonds is 4. The standard InChI is InChI=1S/C8H12BNO5/c1-2-14-8(11)10-5-6-3-4-7(15-6)9(12)13/h3-4,12-13H,2,5H2,1H3,(H,10,11). The van der Waals surface area contributed by atoms with Crippen LogP contribution in [-0.2, 0) is 11.3 Å². The number of amides is 1. The van der Waals surface area contributed by atoms with Crippen LogP contribution in [0.5, 0.6) is 0 Å². The topological polar surface area (TPSA) is 91.9 Å². The number of carbonyl (C=O) groups excluding carboxylic acids is 1. The molecule has 0 aliphatic carbocycles. The number of ether oxygens (including phenoxy) is 1. The maximum atomic E-state index is 10.9. The Morgan fingerprint density at radius 1 is 1.60 bits per heavy atom. The van der Waals surface area contributed by atoms with E-state index in [0.717, 1.165) is 0 Å². The van der Waals surface area contributed by atoms with Crippen molar-refractivity contribution in [3.8, 4) is 0 Å². The summed E-state index contributed by atoms with van der Waals surface area (Å²) < 4.78 is 9.63. The number of furan rings is 1. The van der Waals surface area contributed by atoms with Crippen LogP contribution in [0.25, 0.3) is 0 Å². The first-order chi connectivity index (χ1) is 7.13. The van der Waals surface area contributed by atoms with Gasteiger partial charge >= 0.3 is 13.2 Å². The molecule has 1 aromatic rings. The van der Waals surface area contributed by atoms with Crippen LogP contribution in [0.4, 0.5) is 4.79 Å². The van der Waals surface area contributed by atoms with Gasteiger partial charge in [-0.1, -0.05) is 0 Å². The molecular formula is C8H12BNO5. The van der Waals surface area contributed by atoms with Gasteiger partial charge in [0.2, 0.25) is 0 Å². The molecule has 1 amide bonds. The Kier molecular flexibility index (Phi) is 4.20. The van der Waals surface area contributed by atoms with Crippen molar-refractivity contribution < 1.29 is 24.0 Å². The molecule has 15 heavy (non-hydrogen) atoms. The molecule has 0 saturated heterocycles. The fourth-order valence-corrected chi connectivity index (χ4v) is 0.970. The van der Waals surface area contributed by atoms with Crippen molar-refractivity contribution >= 4 is 18.9 Å². The van der Waals surface area contributed by atoms with Crippen LogP contribution >= 0.6 is 0 Å². The highest BCUT2D eigenvalue weighted by atomic mass is 16.5. The summed E-state index contributed by atoms with van der Waals surface area (Å²) in [5.74, 6) is 0.422.